The van der Waals surface area contributed by atoms with E-state index in [4.69, 9.17) is 4.84 Å². The summed E-state index contributed by atoms with van der Waals surface area (Å²) in [6.45, 7) is 1.27. The van der Waals surface area contributed by atoms with Gasteiger partial charge in [-0.25, -0.2) is 4.79 Å². The maximum Gasteiger partial charge on any atom is 0.434 e. The van der Waals surface area contributed by atoms with Crippen LogP contribution < -0.4 is 0 Å². The maximum absolute atomic E-state index is 11.4. The first-order valence-electron chi connectivity index (χ1n) is 5.01. The second kappa shape index (κ2) is 3.88. The molecule has 15 heavy (non-hydrogen) atoms. The van der Waals surface area contributed by atoms with Gasteiger partial charge in [0.2, 0.25) is 0 Å². The lowest BCUT2D eigenvalue weighted by Gasteiger charge is -2.18. The minimum Gasteiger partial charge on any atom is -0.311 e. The zero-order chi connectivity index (χ0) is 10.8. The monoisotopic (exact) mass is 212 g/mol. The zero-order valence-electron chi connectivity index (χ0n) is 8.27. The number of carbonyl (C=O) groups is 3. The summed E-state index contributed by atoms with van der Waals surface area (Å²) in [6.07, 6.45) is 1.54. The van der Waals surface area contributed by atoms with Crippen molar-refractivity contribution in [1.82, 2.24) is 9.96 Å². The lowest BCUT2D eigenvalue weighted by Crippen LogP contribution is -2.38. The number of amides is 3. The van der Waals surface area contributed by atoms with Gasteiger partial charge in [-0.15, -0.1) is 5.06 Å². The Hall–Kier alpha value is -1.59. The van der Waals surface area contributed by atoms with Gasteiger partial charge in [-0.1, -0.05) is 0 Å². The normalized spacial score (nSPS) is 21.3. The summed E-state index contributed by atoms with van der Waals surface area (Å²) < 4.78 is 0. The van der Waals surface area contributed by atoms with Crippen molar-refractivity contribution >= 4 is 17.9 Å². The third kappa shape index (κ3) is 1.93. The molecular formula is C9H12N2O4. The Bertz CT molecular complexity index is 293. The summed E-state index contributed by atoms with van der Waals surface area (Å²) in [7, 11) is 0. The highest BCUT2D eigenvalue weighted by Gasteiger charge is 2.34. The minimum atomic E-state index is -0.601. The highest BCUT2D eigenvalue weighted by Crippen LogP contribution is 2.15. The van der Waals surface area contributed by atoms with E-state index in [0.29, 0.717) is 18.2 Å². The van der Waals surface area contributed by atoms with E-state index in [2.05, 4.69) is 0 Å². The first-order valence-corrected chi connectivity index (χ1v) is 5.01. The summed E-state index contributed by atoms with van der Waals surface area (Å²) in [5.41, 5.74) is 0. The van der Waals surface area contributed by atoms with Gasteiger partial charge >= 0.3 is 6.09 Å². The maximum atomic E-state index is 11.4. The van der Waals surface area contributed by atoms with Crippen LogP contribution >= 0.6 is 0 Å². The molecule has 0 bridgehead atoms. The van der Waals surface area contributed by atoms with E-state index in [0.717, 1.165) is 12.8 Å². The topological polar surface area (TPSA) is 66.9 Å². The standard InChI is InChI=1S/C9H12N2O4/c12-7-3-4-8(13)11(7)15-9(14)10-5-1-2-6-10/h1-6H2. The molecule has 0 N–H and O–H groups in total. The molecule has 0 spiro atoms. The molecule has 2 aliphatic rings. The molecule has 0 atom stereocenters. The van der Waals surface area contributed by atoms with Crippen LogP contribution in [-0.2, 0) is 14.4 Å². The molecule has 0 aromatic carbocycles. The van der Waals surface area contributed by atoms with Crippen molar-refractivity contribution in [2.45, 2.75) is 25.7 Å². The first-order chi connectivity index (χ1) is 7.18. The van der Waals surface area contributed by atoms with Crippen molar-refractivity contribution in [2.24, 2.45) is 0 Å². The van der Waals surface area contributed by atoms with E-state index >= 15 is 0 Å². The summed E-state index contributed by atoms with van der Waals surface area (Å²) >= 11 is 0. The van der Waals surface area contributed by atoms with Crippen LogP contribution in [0.25, 0.3) is 0 Å². The smallest absolute Gasteiger partial charge is 0.311 e. The molecule has 0 aromatic heterocycles. The van der Waals surface area contributed by atoms with Gasteiger partial charge < -0.3 is 9.74 Å². The number of imide groups is 1. The molecule has 2 heterocycles. The fourth-order valence-electron chi connectivity index (χ4n) is 1.69. The average molecular weight is 212 g/mol. The van der Waals surface area contributed by atoms with Crippen LogP contribution in [0.3, 0.4) is 0 Å². The van der Waals surface area contributed by atoms with E-state index in [9.17, 15) is 14.4 Å². The van der Waals surface area contributed by atoms with Crippen molar-refractivity contribution in [1.29, 1.82) is 0 Å². The summed E-state index contributed by atoms with van der Waals surface area (Å²) in [4.78, 5) is 40.0. The van der Waals surface area contributed by atoms with Crippen molar-refractivity contribution in [3.63, 3.8) is 0 Å². The van der Waals surface area contributed by atoms with E-state index in [-0.39, 0.29) is 12.8 Å². The number of hydrogen-bond donors (Lipinski definition) is 0. The molecule has 2 aliphatic heterocycles. The van der Waals surface area contributed by atoms with E-state index in [1.165, 1.54) is 4.90 Å². The van der Waals surface area contributed by atoms with Crippen molar-refractivity contribution in [3.05, 3.63) is 0 Å². The molecule has 2 fully saturated rings. The molecule has 0 saturated carbocycles. The molecule has 6 heteroatoms. The van der Waals surface area contributed by atoms with Gasteiger partial charge in [0.05, 0.1) is 0 Å². The predicted molar refractivity (Wildman–Crippen MR) is 48.4 cm³/mol. The van der Waals surface area contributed by atoms with Gasteiger partial charge in [-0.3, -0.25) is 9.59 Å². The van der Waals surface area contributed by atoms with Crippen molar-refractivity contribution < 1.29 is 19.2 Å². The Labute approximate surface area is 86.7 Å². The molecule has 82 valence electrons. The van der Waals surface area contributed by atoms with Gasteiger partial charge in [-0.2, -0.15) is 0 Å². The minimum absolute atomic E-state index is 0.131. The largest absolute Gasteiger partial charge is 0.434 e. The molecule has 2 saturated heterocycles. The zero-order valence-corrected chi connectivity index (χ0v) is 8.27. The average Bonchev–Trinajstić information content (AvgIpc) is 2.82. The van der Waals surface area contributed by atoms with Crippen LogP contribution in [0.4, 0.5) is 4.79 Å². The number of nitrogens with zero attached hydrogens (tertiary/aromatic N) is 2. The fourth-order valence-corrected chi connectivity index (χ4v) is 1.69. The Morgan fingerprint density at radius 2 is 1.60 bits per heavy atom. The van der Waals surface area contributed by atoms with E-state index in [1.807, 2.05) is 0 Å². The quantitative estimate of drug-likeness (QED) is 0.585. The van der Waals surface area contributed by atoms with Crippen molar-refractivity contribution in [3.8, 4) is 0 Å². The molecular weight excluding hydrogens is 200 g/mol. The van der Waals surface area contributed by atoms with Crippen LogP contribution in [0.15, 0.2) is 0 Å². The Morgan fingerprint density at radius 3 is 2.13 bits per heavy atom. The lowest BCUT2D eigenvalue weighted by atomic mass is 10.4. The van der Waals surface area contributed by atoms with Crippen LogP contribution in [0, 0.1) is 0 Å². The summed E-state index contributed by atoms with van der Waals surface area (Å²) in [5.74, 6) is -0.875. The SMILES string of the molecule is O=C(ON1C(=O)CCC1=O)N1CCCC1. The number of hydroxylamine groups is 2. The van der Waals surface area contributed by atoms with E-state index < -0.39 is 17.9 Å². The number of hydrogen-bond acceptors (Lipinski definition) is 4. The Balaban J connectivity index is 1.93. The highest BCUT2D eigenvalue weighted by atomic mass is 16.7. The summed E-state index contributed by atoms with van der Waals surface area (Å²) in [6, 6.07) is 0. The molecule has 6 nitrogen and oxygen atoms in total. The molecule has 0 aromatic rings. The fraction of sp³-hybridized carbons (Fsp3) is 0.667. The second-order valence-electron chi connectivity index (χ2n) is 3.63. The van der Waals surface area contributed by atoms with Gasteiger partial charge in [0.1, 0.15) is 0 Å². The number of carbonyl (C=O) groups excluding carboxylic acids is 3. The third-order valence-corrected chi connectivity index (χ3v) is 2.54. The van der Waals surface area contributed by atoms with Crippen LogP contribution in [0.5, 0.6) is 0 Å². The predicted octanol–water partition coefficient (Wildman–Crippen LogP) is 0.283. The number of rotatable bonds is 1. The molecule has 3 amide bonds. The van der Waals surface area contributed by atoms with Crippen molar-refractivity contribution in [2.75, 3.05) is 13.1 Å². The molecule has 0 unspecified atom stereocenters. The molecule has 0 aliphatic carbocycles. The first kappa shape index (κ1) is 9.95. The van der Waals surface area contributed by atoms with Crippen LogP contribution in [0.2, 0.25) is 0 Å². The Kier molecular flexibility index (Phi) is 2.57. The van der Waals surface area contributed by atoms with Gasteiger partial charge in [0.15, 0.2) is 0 Å². The van der Waals surface area contributed by atoms with Crippen LogP contribution in [-0.4, -0.2) is 41.0 Å². The van der Waals surface area contributed by atoms with Gasteiger partial charge in [0.25, 0.3) is 11.8 Å². The van der Waals surface area contributed by atoms with Gasteiger partial charge in [0, 0.05) is 25.9 Å². The molecule has 0 radical (unpaired) electrons. The van der Waals surface area contributed by atoms with Crippen LogP contribution in [0.1, 0.15) is 25.7 Å². The van der Waals surface area contributed by atoms with E-state index in [1.54, 1.807) is 0 Å². The third-order valence-electron chi connectivity index (χ3n) is 2.54. The second-order valence-corrected chi connectivity index (χ2v) is 3.63. The lowest BCUT2D eigenvalue weighted by molar-refractivity contribution is -0.173. The Morgan fingerprint density at radius 1 is 1.07 bits per heavy atom. The molecule has 2 rings (SSSR count). The highest BCUT2D eigenvalue weighted by molar-refractivity contribution is 6.01. The van der Waals surface area contributed by atoms with Gasteiger partial charge in [-0.05, 0) is 12.8 Å². The number of likely N-dealkylation sites (tertiary alicyclic amines) is 1. The summed E-state index contributed by atoms with van der Waals surface area (Å²) in [5, 5.41) is 0.584.